The topological polar surface area (TPSA) is 55.6 Å². The second-order valence-electron chi connectivity index (χ2n) is 5.53. The Balaban J connectivity index is 1.90. The van der Waals surface area contributed by atoms with Crippen molar-refractivity contribution in [2.24, 2.45) is 5.73 Å². The van der Waals surface area contributed by atoms with Crippen molar-refractivity contribution in [3.05, 3.63) is 41.3 Å². The molecule has 2 aromatic rings. The van der Waals surface area contributed by atoms with E-state index in [0.717, 1.165) is 29.8 Å². The van der Waals surface area contributed by atoms with Crippen LogP contribution < -0.4 is 10.5 Å². The van der Waals surface area contributed by atoms with Crippen molar-refractivity contribution >= 4 is 17.2 Å². The third kappa shape index (κ3) is 3.00. The number of rotatable bonds is 3. The van der Waals surface area contributed by atoms with Gasteiger partial charge in [0.15, 0.2) is 0 Å². The zero-order chi connectivity index (χ0) is 15.5. The summed E-state index contributed by atoms with van der Waals surface area (Å²) in [5.74, 6) is 0.673. The normalized spacial score (nSPS) is 18.3. The van der Waals surface area contributed by atoms with Crippen LogP contribution in [0.5, 0.6) is 5.75 Å². The molecule has 1 aliphatic heterocycles. The molecule has 1 fully saturated rings. The van der Waals surface area contributed by atoms with E-state index in [-0.39, 0.29) is 11.9 Å². The van der Waals surface area contributed by atoms with Gasteiger partial charge in [-0.2, -0.15) is 0 Å². The molecule has 116 valence electrons. The number of methoxy groups -OCH3 is 1. The van der Waals surface area contributed by atoms with Gasteiger partial charge in [-0.3, -0.25) is 4.79 Å². The van der Waals surface area contributed by atoms with Crippen LogP contribution in [0, 0.1) is 0 Å². The molecule has 0 aliphatic carbocycles. The Bertz CT molecular complexity index is 654. The lowest BCUT2D eigenvalue weighted by Gasteiger charge is -2.30. The number of benzene rings is 1. The zero-order valence-electron chi connectivity index (χ0n) is 12.6. The summed E-state index contributed by atoms with van der Waals surface area (Å²) >= 11 is 1.48. The molecule has 2 heterocycles. The van der Waals surface area contributed by atoms with E-state index >= 15 is 0 Å². The minimum absolute atomic E-state index is 0.0270. The second-order valence-corrected chi connectivity index (χ2v) is 6.58. The third-order valence-corrected chi connectivity index (χ3v) is 5.07. The van der Waals surface area contributed by atoms with Crippen molar-refractivity contribution in [2.45, 2.75) is 18.9 Å². The van der Waals surface area contributed by atoms with E-state index in [9.17, 15) is 4.79 Å². The lowest BCUT2D eigenvalue weighted by Crippen LogP contribution is -2.45. The van der Waals surface area contributed by atoms with Gasteiger partial charge in [-0.05, 0) is 24.5 Å². The van der Waals surface area contributed by atoms with Gasteiger partial charge in [0.1, 0.15) is 10.6 Å². The molecule has 1 aliphatic rings. The lowest BCUT2D eigenvalue weighted by molar-refractivity contribution is 0.0710. The number of piperidine rings is 1. The number of carbonyl (C=O) groups excluding carboxylic acids is 1. The number of carbonyl (C=O) groups is 1. The highest BCUT2D eigenvalue weighted by molar-refractivity contribution is 7.17. The summed E-state index contributed by atoms with van der Waals surface area (Å²) in [5.41, 5.74) is 7.08. The fourth-order valence-corrected chi connectivity index (χ4v) is 3.86. The largest absolute Gasteiger partial charge is 0.495 e. The first-order valence-electron chi connectivity index (χ1n) is 7.47. The number of nitrogens with zero attached hydrogens (tertiary/aromatic N) is 1. The highest BCUT2D eigenvalue weighted by Crippen LogP contribution is 2.37. The molecule has 3 rings (SSSR count). The Morgan fingerprint density at radius 1 is 1.36 bits per heavy atom. The van der Waals surface area contributed by atoms with Gasteiger partial charge < -0.3 is 15.4 Å². The van der Waals surface area contributed by atoms with Gasteiger partial charge in [0.25, 0.3) is 5.91 Å². The molecular weight excluding hydrogens is 296 g/mol. The Morgan fingerprint density at radius 2 is 2.14 bits per heavy atom. The third-order valence-electron chi connectivity index (χ3n) is 3.92. The Labute approximate surface area is 134 Å². The summed E-state index contributed by atoms with van der Waals surface area (Å²) in [6.07, 6.45) is 1.95. The van der Waals surface area contributed by atoms with Crippen molar-refractivity contribution in [1.82, 2.24) is 4.90 Å². The number of ether oxygens (including phenoxy) is 1. The van der Waals surface area contributed by atoms with Crippen LogP contribution in [-0.4, -0.2) is 37.0 Å². The number of hydrogen-bond donors (Lipinski definition) is 1. The Morgan fingerprint density at radius 3 is 2.82 bits per heavy atom. The first-order chi connectivity index (χ1) is 10.7. The first-order valence-corrected chi connectivity index (χ1v) is 8.29. The van der Waals surface area contributed by atoms with Gasteiger partial charge in [0.2, 0.25) is 0 Å². The van der Waals surface area contributed by atoms with Gasteiger partial charge >= 0.3 is 0 Å². The number of thiophene rings is 1. The number of amides is 1. The maximum atomic E-state index is 12.8. The summed E-state index contributed by atoms with van der Waals surface area (Å²) in [5, 5.41) is 0. The van der Waals surface area contributed by atoms with E-state index < -0.39 is 0 Å². The highest BCUT2D eigenvalue weighted by Gasteiger charge is 2.26. The lowest BCUT2D eigenvalue weighted by atomic mass is 10.1. The van der Waals surface area contributed by atoms with Gasteiger partial charge in [0.05, 0.1) is 7.11 Å². The van der Waals surface area contributed by atoms with Crippen LogP contribution in [0.15, 0.2) is 36.4 Å². The van der Waals surface area contributed by atoms with Crippen LogP contribution in [0.3, 0.4) is 0 Å². The molecule has 0 radical (unpaired) electrons. The SMILES string of the molecule is COc1cc(-c2ccccc2)sc1C(=O)N1CCCC(N)C1. The monoisotopic (exact) mass is 316 g/mol. The Kier molecular flexibility index (Phi) is 4.45. The van der Waals surface area contributed by atoms with Crippen LogP contribution in [0.2, 0.25) is 0 Å². The maximum Gasteiger partial charge on any atom is 0.267 e. The van der Waals surface area contributed by atoms with Gasteiger partial charge in [-0.15, -0.1) is 11.3 Å². The van der Waals surface area contributed by atoms with E-state index in [1.807, 2.05) is 41.3 Å². The quantitative estimate of drug-likeness (QED) is 0.947. The second kappa shape index (κ2) is 6.50. The highest BCUT2D eigenvalue weighted by atomic mass is 32.1. The van der Waals surface area contributed by atoms with E-state index in [0.29, 0.717) is 17.2 Å². The molecule has 1 saturated heterocycles. The minimum atomic E-state index is 0.0270. The number of hydrogen-bond acceptors (Lipinski definition) is 4. The summed E-state index contributed by atoms with van der Waals surface area (Å²) in [4.78, 5) is 16.3. The van der Waals surface area contributed by atoms with Crippen molar-refractivity contribution in [3.63, 3.8) is 0 Å². The summed E-state index contributed by atoms with van der Waals surface area (Å²) in [7, 11) is 1.61. The van der Waals surface area contributed by atoms with Crippen LogP contribution in [0.25, 0.3) is 10.4 Å². The predicted octanol–water partition coefficient (Wildman–Crippen LogP) is 2.99. The van der Waals surface area contributed by atoms with Gasteiger partial charge in [-0.25, -0.2) is 0 Å². The van der Waals surface area contributed by atoms with Gasteiger partial charge in [0, 0.05) is 24.0 Å². The smallest absolute Gasteiger partial charge is 0.267 e. The van der Waals surface area contributed by atoms with Crippen molar-refractivity contribution < 1.29 is 9.53 Å². The fraction of sp³-hybridized carbons (Fsp3) is 0.353. The molecular formula is C17H20N2O2S. The predicted molar refractivity (Wildman–Crippen MR) is 89.4 cm³/mol. The Hall–Kier alpha value is -1.85. The summed E-state index contributed by atoms with van der Waals surface area (Å²) < 4.78 is 5.42. The van der Waals surface area contributed by atoms with E-state index in [1.54, 1.807) is 7.11 Å². The van der Waals surface area contributed by atoms with Crippen molar-refractivity contribution in [1.29, 1.82) is 0 Å². The fourth-order valence-electron chi connectivity index (χ4n) is 2.76. The van der Waals surface area contributed by atoms with E-state index in [2.05, 4.69) is 0 Å². The molecule has 1 unspecified atom stereocenters. The molecule has 0 spiro atoms. The minimum Gasteiger partial charge on any atom is -0.495 e. The maximum absolute atomic E-state index is 12.8. The standard InChI is InChI=1S/C17H20N2O2S/c1-21-14-10-15(12-6-3-2-4-7-12)22-16(14)17(20)19-9-5-8-13(18)11-19/h2-4,6-7,10,13H,5,8-9,11,18H2,1H3. The number of nitrogens with two attached hydrogens (primary N) is 1. The number of likely N-dealkylation sites (tertiary alicyclic amines) is 1. The average molecular weight is 316 g/mol. The van der Waals surface area contributed by atoms with Gasteiger partial charge in [-0.1, -0.05) is 30.3 Å². The molecule has 5 heteroatoms. The van der Waals surface area contributed by atoms with Crippen LogP contribution in [0.4, 0.5) is 0 Å². The molecule has 1 aromatic heterocycles. The van der Waals surface area contributed by atoms with E-state index in [1.165, 1.54) is 11.3 Å². The molecule has 4 nitrogen and oxygen atoms in total. The van der Waals surface area contributed by atoms with Crippen LogP contribution >= 0.6 is 11.3 Å². The molecule has 1 aromatic carbocycles. The molecule has 2 N–H and O–H groups in total. The first kappa shape index (κ1) is 15.1. The van der Waals surface area contributed by atoms with Crippen LogP contribution in [0.1, 0.15) is 22.5 Å². The molecule has 0 bridgehead atoms. The summed E-state index contributed by atoms with van der Waals surface area (Å²) in [6.45, 7) is 1.40. The molecule has 1 amide bonds. The molecule has 1 atom stereocenters. The van der Waals surface area contributed by atoms with Crippen LogP contribution in [-0.2, 0) is 0 Å². The van der Waals surface area contributed by atoms with E-state index in [4.69, 9.17) is 10.5 Å². The van der Waals surface area contributed by atoms with Crippen molar-refractivity contribution in [3.8, 4) is 16.2 Å². The molecule has 22 heavy (non-hydrogen) atoms. The zero-order valence-corrected chi connectivity index (χ0v) is 13.4. The average Bonchev–Trinajstić information content (AvgIpc) is 2.99. The molecule has 0 saturated carbocycles. The summed E-state index contributed by atoms with van der Waals surface area (Å²) in [6, 6.07) is 12.1. The van der Waals surface area contributed by atoms with Crippen molar-refractivity contribution in [2.75, 3.05) is 20.2 Å².